The summed E-state index contributed by atoms with van der Waals surface area (Å²) < 4.78 is 6.22. The molecule has 0 aromatic heterocycles. The molecule has 1 aliphatic rings. The molecule has 2 aromatic rings. The number of carbonyl (C=O) groups excluding carboxylic acids is 2. The van der Waals surface area contributed by atoms with Crippen LogP contribution >= 0.6 is 0 Å². The lowest BCUT2D eigenvalue weighted by Crippen LogP contribution is -3.00. The Morgan fingerprint density at radius 2 is 1.48 bits per heavy atom. The van der Waals surface area contributed by atoms with E-state index in [0.717, 1.165) is 23.9 Å². The van der Waals surface area contributed by atoms with Gasteiger partial charge in [0.2, 0.25) is 0 Å². The van der Waals surface area contributed by atoms with E-state index in [4.69, 9.17) is 4.74 Å². The second-order valence-corrected chi connectivity index (χ2v) is 8.68. The van der Waals surface area contributed by atoms with E-state index >= 15 is 0 Å². The van der Waals surface area contributed by atoms with E-state index in [1.54, 1.807) is 35.1 Å². The summed E-state index contributed by atoms with van der Waals surface area (Å²) in [5.41, 5.74) is 2.36. The van der Waals surface area contributed by atoms with E-state index < -0.39 is 0 Å². The van der Waals surface area contributed by atoms with Gasteiger partial charge < -0.3 is 43.0 Å². The predicted molar refractivity (Wildman–Crippen MR) is 121 cm³/mol. The lowest BCUT2D eigenvalue weighted by molar-refractivity contribution is -0.870. The molecular formula is C24H32IN3O3. The number of carbonyl (C=O) groups is 2. The van der Waals surface area contributed by atoms with Gasteiger partial charge in [-0.05, 0) is 30.7 Å². The quantitative estimate of drug-likeness (QED) is 0.388. The Morgan fingerprint density at radius 3 is 2.10 bits per heavy atom. The molecule has 0 atom stereocenters. The molecule has 6 nitrogen and oxygen atoms in total. The number of para-hydroxylation sites is 1. The van der Waals surface area contributed by atoms with Crippen LogP contribution in [0.2, 0.25) is 0 Å². The summed E-state index contributed by atoms with van der Waals surface area (Å²) in [4.78, 5) is 30.7. The van der Waals surface area contributed by atoms with E-state index in [1.807, 2.05) is 31.2 Å². The molecule has 168 valence electrons. The molecule has 0 saturated carbocycles. The molecule has 0 N–H and O–H groups in total. The minimum absolute atomic E-state index is 0. The molecule has 7 heteroatoms. The smallest absolute Gasteiger partial charge is 0.260 e. The zero-order chi connectivity index (χ0) is 21.9. The molecule has 0 fully saturated rings. The number of anilines is 2. The molecule has 3 rings (SSSR count). The number of methoxy groups -OCH3 is 1. The van der Waals surface area contributed by atoms with Crippen molar-refractivity contribution in [3.63, 3.8) is 0 Å². The lowest BCUT2D eigenvalue weighted by Gasteiger charge is -2.34. The fourth-order valence-electron chi connectivity index (χ4n) is 3.81. The van der Waals surface area contributed by atoms with Gasteiger partial charge in [0, 0.05) is 25.6 Å². The maximum Gasteiger partial charge on any atom is 0.260 e. The Labute approximate surface area is 202 Å². The van der Waals surface area contributed by atoms with Gasteiger partial charge in [-0.25, -0.2) is 0 Å². The normalized spacial score (nSPS) is 13.7. The van der Waals surface area contributed by atoms with Crippen molar-refractivity contribution >= 4 is 23.2 Å². The van der Waals surface area contributed by atoms with Gasteiger partial charge in [0.25, 0.3) is 11.8 Å². The lowest BCUT2D eigenvalue weighted by atomic mass is 10.0. The molecule has 2 aromatic carbocycles. The fourth-order valence-corrected chi connectivity index (χ4v) is 3.81. The van der Waals surface area contributed by atoms with Crippen LogP contribution in [0, 0.1) is 0 Å². The van der Waals surface area contributed by atoms with Crippen LogP contribution in [-0.2, 0) is 0 Å². The summed E-state index contributed by atoms with van der Waals surface area (Å²) in [6, 6.07) is 12.8. The molecule has 31 heavy (non-hydrogen) atoms. The number of halogens is 1. The number of rotatable bonds is 7. The predicted octanol–water partition coefficient (Wildman–Crippen LogP) is 0.813. The first kappa shape index (κ1) is 25.1. The Kier molecular flexibility index (Phi) is 8.48. The highest BCUT2D eigenvalue weighted by Crippen LogP contribution is 2.35. The summed E-state index contributed by atoms with van der Waals surface area (Å²) in [5.74, 6) is 0.447. The van der Waals surface area contributed by atoms with Crippen LogP contribution in [0.25, 0.3) is 0 Å². The highest BCUT2D eigenvalue weighted by Gasteiger charge is 2.32. The topological polar surface area (TPSA) is 49.9 Å². The molecule has 0 bridgehead atoms. The molecular weight excluding hydrogens is 505 g/mol. The highest BCUT2D eigenvalue weighted by atomic mass is 127. The Morgan fingerprint density at radius 1 is 0.871 bits per heavy atom. The third-order valence-electron chi connectivity index (χ3n) is 5.30. The van der Waals surface area contributed by atoms with E-state index in [0.29, 0.717) is 41.3 Å². The molecule has 0 radical (unpaired) electrons. The standard InChI is InChI=1S/C24H32N3O3.HI/c1-6-14-25-21-11-8-7-10-19(21)23(28)26(15-9-16-27(2,3)4)22-17-18(30-5)12-13-20(22)24(25)29;/h7-8,10-13,17H,6,9,14-16H2,1-5H3;1H/q+1;/p-1. The van der Waals surface area contributed by atoms with Crippen molar-refractivity contribution in [2.45, 2.75) is 19.8 Å². The molecule has 1 heterocycles. The first-order valence-electron chi connectivity index (χ1n) is 10.5. The molecule has 0 unspecified atom stereocenters. The van der Waals surface area contributed by atoms with Crippen molar-refractivity contribution in [1.29, 1.82) is 0 Å². The van der Waals surface area contributed by atoms with Gasteiger partial charge in [-0.15, -0.1) is 0 Å². The molecule has 0 spiro atoms. The monoisotopic (exact) mass is 537 g/mol. The second-order valence-electron chi connectivity index (χ2n) is 8.68. The van der Waals surface area contributed by atoms with Gasteiger partial charge >= 0.3 is 0 Å². The average Bonchev–Trinajstić information content (AvgIpc) is 2.72. The first-order valence-corrected chi connectivity index (χ1v) is 10.5. The van der Waals surface area contributed by atoms with Crippen LogP contribution in [-0.4, -0.2) is 64.2 Å². The van der Waals surface area contributed by atoms with Gasteiger partial charge in [0.05, 0.1) is 57.3 Å². The number of hydrogen-bond donors (Lipinski definition) is 0. The van der Waals surface area contributed by atoms with Crippen LogP contribution < -0.4 is 38.5 Å². The number of hydrogen-bond acceptors (Lipinski definition) is 3. The zero-order valence-electron chi connectivity index (χ0n) is 19.0. The first-order chi connectivity index (χ1) is 14.3. The Bertz CT molecular complexity index is 940. The molecule has 1 aliphatic heterocycles. The van der Waals surface area contributed by atoms with Crippen LogP contribution in [0.15, 0.2) is 42.5 Å². The van der Waals surface area contributed by atoms with Crippen molar-refractivity contribution in [3.05, 3.63) is 53.6 Å². The Balaban J connectivity index is 0.00000341. The van der Waals surface area contributed by atoms with Gasteiger partial charge in [-0.2, -0.15) is 0 Å². The van der Waals surface area contributed by atoms with Crippen LogP contribution in [0.1, 0.15) is 40.5 Å². The summed E-state index contributed by atoms with van der Waals surface area (Å²) in [7, 11) is 7.99. The summed E-state index contributed by atoms with van der Waals surface area (Å²) in [6.45, 7) is 4.03. The number of benzene rings is 2. The van der Waals surface area contributed by atoms with E-state index in [1.165, 1.54) is 0 Å². The molecule has 0 aliphatic carbocycles. The highest BCUT2D eigenvalue weighted by molar-refractivity contribution is 6.20. The number of nitrogens with zero attached hydrogens (tertiary/aromatic N) is 3. The second kappa shape index (κ2) is 10.5. The SMILES string of the molecule is CCCN1C(=O)c2ccc(OC)cc2N(CCC[N+](C)(C)C)C(=O)c2ccccc21.[I-]. The van der Waals surface area contributed by atoms with Crippen molar-refractivity contribution in [3.8, 4) is 5.75 Å². The van der Waals surface area contributed by atoms with Gasteiger partial charge in [-0.1, -0.05) is 19.1 Å². The fraction of sp³-hybridized carbons (Fsp3) is 0.417. The van der Waals surface area contributed by atoms with Crippen molar-refractivity contribution in [1.82, 2.24) is 0 Å². The van der Waals surface area contributed by atoms with E-state index in [-0.39, 0.29) is 35.8 Å². The van der Waals surface area contributed by atoms with Gasteiger partial charge in [0.15, 0.2) is 0 Å². The third-order valence-corrected chi connectivity index (χ3v) is 5.30. The van der Waals surface area contributed by atoms with Gasteiger partial charge in [-0.3, -0.25) is 9.59 Å². The maximum absolute atomic E-state index is 13.7. The number of ether oxygens (including phenoxy) is 1. The summed E-state index contributed by atoms with van der Waals surface area (Å²) in [6.07, 6.45) is 1.62. The third kappa shape index (κ3) is 5.57. The maximum atomic E-state index is 13.7. The Hall–Kier alpha value is -2.13. The largest absolute Gasteiger partial charge is 1.00 e. The summed E-state index contributed by atoms with van der Waals surface area (Å²) >= 11 is 0. The van der Waals surface area contributed by atoms with Crippen LogP contribution in [0.3, 0.4) is 0 Å². The number of amides is 2. The van der Waals surface area contributed by atoms with Crippen molar-refractivity contribution < 1.29 is 42.8 Å². The van der Waals surface area contributed by atoms with Crippen LogP contribution in [0.5, 0.6) is 5.75 Å². The molecule has 2 amide bonds. The van der Waals surface area contributed by atoms with Gasteiger partial charge in [0.1, 0.15) is 5.75 Å². The van der Waals surface area contributed by atoms with Crippen LogP contribution in [0.4, 0.5) is 11.4 Å². The van der Waals surface area contributed by atoms with Crippen molar-refractivity contribution in [2.75, 3.05) is 57.7 Å². The number of fused-ring (bicyclic) bond motifs is 2. The minimum atomic E-state index is -0.0916. The zero-order valence-corrected chi connectivity index (χ0v) is 21.2. The summed E-state index contributed by atoms with van der Waals surface area (Å²) in [5, 5.41) is 0. The molecule has 0 saturated heterocycles. The number of quaternary nitrogens is 1. The van der Waals surface area contributed by atoms with E-state index in [9.17, 15) is 9.59 Å². The average molecular weight is 537 g/mol. The minimum Gasteiger partial charge on any atom is -1.00 e. The van der Waals surface area contributed by atoms with Crippen molar-refractivity contribution in [2.24, 2.45) is 0 Å². The van der Waals surface area contributed by atoms with E-state index in [2.05, 4.69) is 21.1 Å².